The van der Waals surface area contributed by atoms with Crippen LogP contribution < -0.4 is 4.31 Å². The first kappa shape index (κ1) is 27.5. The van der Waals surface area contributed by atoms with Gasteiger partial charge in [-0.15, -0.1) is 0 Å². The van der Waals surface area contributed by atoms with Gasteiger partial charge in [0.15, 0.2) is 0 Å². The summed E-state index contributed by atoms with van der Waals surface area (Å²) in [5, 5.41) is 15.2. The third kappa shape index (κ3) is 4.99. The average molecular weight is 540 g/mol. The fourth-order valence-corrected chi connectivity index (χ4v) is 7.58. The molecule has 2 fully saturated rings. The van der Waals surface area contributed by atoms with Crippen molar-refractivity contribution in [3.63, 3.8) is 0 Å². The van der Waals surface area contributed by atoms with E-state index in [0.29, 0.717) is 19.3 Å². The van der Waals surface area contributed by atoms with Gasteiger partial charge in [0.25, 0.3) is 15.9 Å². The van der Waals surface area contributed by atoms with E-state index in [1.165, 1.54) is 25.2 Å². The Bertz CT molecular complexity index is 1240. The molecule has 1 amide bonds. The predicted molar refractivity (Wildman–Crippen MR) is 134 cm³/mol. The number of hydrogen-bond donors (Lipinski definition) is 1. The van der Waals surface area contributed by atoms with E-state index < -0.39 is 44.3 Å². The first-order chi connectivity index (χ1) is 17.0. The van der Waals surface area contributed by atoms with Crippen LogP contribution in [-0.4, -0.2) is 54.6 Å². The number of alkyl halides is 2. The lowest BCUT2D eigenvalue weighted by Crippen LogP contribution is -2.62. The van der Waals surface area contributed by atoms with Gasteiger partial charge in [-0.3, -0.25) is 4.79 Å². The summed E-state index contributed by atoms with van der Waals surface area (Å²) in [5.74, 6) is -5.55. The molecule has 4 rings (SSSR count). The standard InChI is InChI=1S/C26H35F2N3O5S/c1-23(2)15-24(3,4)17-25(33,16-23)26(27,28)22(32)31-13-9-12-20(31)19-14-21(36-29-19)30(5)37(34,35)18-10-7-6-8-11-18/h6-8,10-11,14,20,33H,9,12-13,15-17H2,1-5H3/t20-/m0/s1. The van der Waals surface area contributed by atoms with Gasteiger partial charge in [-0.05, 0) is 55.1 Å². The Labute approximate surface area is 216 Å². The Hall–Kier alpha value is -2.53. The van der Waals surface area contributed by atoms with Crippen LogP contribution in [-0.2, 0) is 14.8 Å². The number of sulfonamides is 1. The maximum absolute atomic E-state index is 15.8. The summed E-state index contributed by atoms with van der Waals surface area (Å²) in [6.07, 6.45) is 1.08. The number of benzene rings is 1. The van der Waals surface area contributed by atoms with Crippen molar-refractivity contribution in [3.05, 3.63) is 42.1 Å². The smallest absolute Gasteiger partial charge is 0.352 e. The van der Waals surface area contributed by atoms with Gasteiger partial charge in [-0.2, -0.15) is 8.78 Å². The van der Waals surface area contributed by atoms with E-state index in [1.54, 1.807) is 18.2 Å². The number of anilines is 1. The summed E-state index contributed by atoms with van der Waals surface area (Å²) in [6.45, 7) is 7.39. The summed E-state index contributed by atoms with van der Waals surface area (Å²) in [6, 6.07) is 8.31. The van der Waals surface area contributed by atoms with E-state index in [2.05, 4.69) is 5.16 Å². The lowest BCUT2D eigenvalue weighted by molar-refractivity contribution is -0.231. The molecule has 1 aromatic carbocycles. The van der Waals surface area contributed by atoms with Gasteiger partial charge in [0.1, 0.15) is 11.3 Å². The third-order valence-electron chi connectivity index (χ3n) is 7.44. The van der Waals surface area contributed by atoms with Gasteiger partial charge in [0.2, 0.25) is 5.88 Å². The molecule has 37 heavy (non-hydrogen) atoms. The van der Waals surface area contributed by atoms with Crippen molar-refractivity contribution < 1.29 is 31.6 Å². The van der Waals surface area contributed by atoms with Crippen LogP contribution in [0.4, 0.5) is 14.7 Å². The van der Waals surface area contributed by atoms with Crippen molar-refractivity contribution in [2.24, 2.45) is 10.8 Å². The van der Waals surface area contributed by atoms with E-state index in [9.17, 15) is 18.3 Å². The van der Waals surface area contributed by atoms with E-state index in [-0.39, 0.29) is 35.9 Å². The first-order valence-electron chi connectivity index (χ1n) is 12.4. The molecule has 0 bridgehead atoms. The van der Waals surface area contributed by atoms with Gasteiger partial charge >= 0.3 is 5.92 Å². The zero-order valence-electron chi connectivity index (χ0n) is 21.9. The fourth-order valence-electron chi connectivity index (χ4n) is 6.44. The number of aliphatic hydroxyl groups is 1. The van der Waals surface area contributed by atoms with Crippen LogP contribution in [0.15, 0.2) is 45.8 Å². The zero-order valence-corrected chi connectivity index (χ0v) is 22.7. The number of rotatable bonds is 6. The molecule has 1 aromatic heterocycles. The minimum atomic E-state index is -4.01. The highest BCUT2D eigenvalue weighted by molar-refractivity contribution is 7.92. The van der Waals surface area contributed by atoms with E-state index >= 15 is 8.78 Å². The fraction of sp³-hybridized carbons (Fsp3) is 0.615. The van der Waals surface area contributed by atoms with Crippen molar-refractivity contribution in [3.8, 4) is 0 Å². The molecule has 0 radical (unpaired) electrons. The second-order valence-electron chi connectivity index (χ2n) is 12.0. The number of likely N-dealkylation sites (tertiary alicyclic amines) is 1. The van der Waals surface area contributed by atoms with Crippen molar-refractivity contribution >= 4 is 21.8 Å². The summed E-state index contributed by atoms with van der Waals surface area (Å²) in [7, 11) is -2.63. The Morgan fingerprint density at radius 3 is 2.32 bits per heavy atom. The molecule has 1 atom stereocenters. The molecule has 1 saturated carbocycles. The number of aromatic nitrogens is 1. The molecule has 8 nitrogen and oxygen atoms in total. The molecule has 0 spiro atoms. The molecule has 2 aromatic rings. The lowest BCUT2D eigenvalue weighted by Gasteiger charge is -2.51. The largest absolute Gasteiger partial charge is 0.383 e. The SMILES string of the molecule is CN(c1cc([C@@H]2CCCN2C(=O)C(F)(F)C2(O)CC(C)(C)CC(C)(C)C2)no1)S(=O)(=O)c1ccccc1. The molecular formula is C26H35F2N3O5S. The second kappa shape index (κ2) is 9.04. The van der Waals surface area contributed by atoms with Gasteiger partial charge in [0, 0.05) is 19.7 Å². The molecule has 1 saturated heterocycles. The highest BCUT2D eigenvalue weighted by Crippen LogP contribution is 2.55. The van der Waals surface area contributed by atoms with Crippen molar-refractivity contribution in [2.75, 3.05) is 17.9 Å². The summed E-state index contributed by atoms with van der Waals surface area (Å²) >= 11 is 0. The van der Waals surface area contributed by atoms with Crippen molar-refractivity contribution in [1.82, 2.24) is 10.1 Å². The molecule has 1 aliphatic carbocycles. The molecule has 0 unspecified atom stereocenters. The number of amides is 1. The quantitative estimate of drug-likeness (QED) is 0.567. The minimum absolute atomic E-state index is 0.0549. The lowest BCUT2D eigenvalue weighted by atomic mass is 9.58. The number of hydrogen-bond acceptors (Lipinski definition) is 6. The number of carbonyl (C=O) groups is 1. The van der Waals surface area contributed by atoms with E-state index in [1.807, 2.05) is 27.7 Å². The molecule has 11 heteroatoms. The Morgan fingerprint density at radius 2 is 1.73 bits per heavy atom. The molecule has 1 aliphatic heterocycles. The summed E-state index contributed by atoms with van der Waals surface area (Å²) in [5.41, 5.74) is -3.44. The predicted octanol–water partition coefficient (Wildman–Crippen LogP) is 4.77. The van der Waals surface area contributed by atoms with Crippen LogP contribution in [0.2, 0.25) is 0 Å². The van der Waals surface area contributed by atoms with Crippen molar-refractivity contribution in [2.45, 2.75) is 82.3 Å². The van der Waals surface area contributed by atoms with Gasteiger partial charge in [-0.25, -0.2) is 12.7 Å². The van der Waals surface area contributed by atoms with Crippen molar-refractivity contribution in [1.29, 1.82) is 0 Å². The van der Waals surface area contributed by atoms with Gasteiger partial charge in [0.05, 0.1) is 10.9 Å². The number of carbonyl (C=O) groups excluding carboxylic acids is 1. The van der Waals surface area contributed by atoms with Crippen LogP contribution in [0.25, 0.3) is 0 Å². The maximum atomic E-state index is 15.8. The van der Waals surface area contributed by atoms with E-state index in [4.69, 9.17) is 4.52 Å². The normalized spacial score (nSPS) is 23.1. The highest BCUT2D eigenvalue weighted by atomic mass is 32.2. The molecular weight excluding hydrogens is 504 g/mol. The highest BCUT2D eigenvalue weighted by Gasteiger charge is 2.65. The monoisotopic (exact) mass is 539 g/mol. The van der Waals surface area contributed by atoms with E-state index in [0.717, 1.165) is 9.21 Å². The van der Waals surface area contributed by atoms with Crippen LogP contribution >= 0.6 is 0 Å². The number of halogens is 2. The summed E-state index contributed by atoms with van der Waals surface area (Å²) < 4.78 is 63.7. The second-order valence-corrected chi connectivity index (χ2v) is 14.0. The third-order valence-corrected chi connectivity index (χ3v) is 9.20. The molecule has 2 heterocycles. The van der Waals surface area contributed by atoms with Crippen LogP contribution in [0.5, 0.6) is 0 Å². The Kier molecular flexibility index (Phi) is 6.72. The zero-order chi connectivity index (χ0) is 27.4. The molecule has 2 aliphatic rings. The number of nitrogens with zero attached hydrogens (tertiary/aromatic N) is 3. The minimum Gasteiger partial charge on any atom is -0.383 e. The Morgan fingerprint density at radius 1 is 1.14 bits per heavy atom. The average Bonchev–Trinajstić information content (AvgIpc) is 3.45. The Balaban J connectivity index is 1.58. The van der Waals surface area contributed by atoms with Crippen LogP contribution in [0, 0.1) is 10.8 Å². The van der Waals surface area contributed by atoms with Crippen LogP contribution in [0.3, 0.4) is 0 Å². The summed E-state index contributed by atoms with van der Waals surface area (Å²) in [4.78, 5) is 14.4. The topological polar surface area (TPSA) is 104 Å². The van der Waals surface area contributed by atoms with Gasteiger partial charge in [-0.1, -0.05) is 51.1 Å². The first-order valence-corrected chi connectivity index (χ1v) is 13.9. The molecule has 1 N–H and O–H groups in total. The maximum Gasteiger partial charge on any atom is 0.352 e. The van der Waals surface area contributed by atoms with Gasteiger partial charge < -0.3 is 14.5 Å². The molecule has 204 valence electrons. The van der Waals surface area contributed by atoms with Crippen LogP contribution in [0.1, 0.15) is 71.5 Å².